The normalized spacial score (nSPS) is 18.8. The fraction of sp³-hybridized carbons (Fsp3) is 0.769. The van der Waals surface area contributed by atoms with E-state index in [-0.39, 0.29) is 17.3 Å². The van der Waals surface area contributed by atoms with Crippen LogP contribution in [0, 0.1) is 0 Å². The fourth-order valence-electron chi connectivity index (χ4n) is 2.49. The van der Waals surface area contributed by atoms with E-state index in [0.717, 1.165) is 19.5 Å². The van der Waals surface area contributed by atoms with Crippen molar-refractivity contribution in [2.75, 3.05) is 20.2 Å². The molecule has 0 spiro atoms. The van der Waals surface area contributed by atoms with Crippen molar-refractivity contribution >= 4 is 5.97 Å². The Morgan fingerprint density at radius 3 is 2.75 bits per heavy atom. The van der Waals surface area contributed by atoms with Crippen molar-refractivity contribution < 1.29 is 14.6 Å². The monoisotopic (exact) mass is 282 g/mol. The Labute approximate surface area is 118 Å². The molecule has 0 bridgehead atoms. The highest BCUT2D eigenvalue weighted by Crippen LogP contribution is 2.27. The third-order valence-corrected chi connectivity index (χ3v) is 3.96. The number of rotatable bonds is 6. The molecule has 1 aromatic heterocycles. The number of likely N-dealkylation sites (tertiary alicyclic amines) is 1. The predicted octanol–water partition coefficient (Wildman–Crippen LogP) is 1.04. The Balaban J connectivity index is 1.86. The van der Waals surface area contributed by atoms with E-state index in [0.29, 0.717) is 6.04 Å². The van der Waals surface area contributed by atoms with Crippen LogP contribution in [0.1, 0.15) is 43.7 Å². The van der Waals surface area contributed by atoms with Crippen molar-refractivity contribution in [3.63, 3.8) is 0 Å². The van der Waals surface area contributed by atoms with Crippen LogP contribution in [0.3, 0.4) is 0 Å². The SMILES string of the molecule is COC(C)(C)CC(C)N1CC(n2cc(C(=O)O)nn2)C1. The average Bonchev–Trinajstić information content (AvgIpc) is 2.75. The second-order valence-corrected chi connectivity index (χ2v) is 6.01. The summed E-state index contributed by atoms with van der Waals surface area (Å²) < 4.78 is 7.10. The Hall–Kier alpha value is -1.47. The zero-order valence-electron chi connectivity index (χ0n) is 12.4. The first-order valence-corrected chi connectivity index (χ1v) is 6.77. The lowest BCUT2D eigenvalue weighted by Crippen LogP contribution is -2.53. The van der Waals surface area contributed by atoms with Crippen LogP contribution in [-0.4, -0.2) is 62.8 Å². The highest BCUT2D eigenvalue weighted by atomic mass is 16.5. The molecule has 0 radical (unpaired) electrons. The first-order chi connectivity index (χ1) is 9.32. The molecule has 0 aliphatic carbocycles. The largest absolute Gasteiger partial charge is 0.476 e. The fourth-order valence-corrected chi connectivity index (χ4v) is 2.49. The van der Waals surface area contributed by atoms with Crippen LogP contribution in [0.5, 0.6) is 0 Å². The zero-order valence-corrected chi connectivity index (χ0v) is 12.4. The molecule has 7 heteroatoms. The molecule has 1 unspecified atom stereocenters. The van der Waals surface area contributed by atoms with Gasteiger partial charge in [-0.15, -0.1) is 5.10 Å². The third kappa shape index (κ3) is 3.16. The maximum absolute atomic E-state index is 10.8. The first kappa shape index (κ1) is 14.9. The summed E-state index contributed by atoms with van der Waals surface area (Å²) in [6, 6.07) is 0.632. The lowest BCUT2D eigenvalue weighted by atomic mass is 9.95. The molecule has 1 aromatic rings. The lowest BCUT2D eigenvalue weighted by Gasteiger charge is -2.44. The number of ether oxygens (including phenoxy) is 1. The molecule has 1 saturated heterocycles. The minimum Gasteiger partial charge on any atom is -0.476 e. The van der Waals surface area contributed by atoms with Crippen molar-refractivity contribution in [2.45, 2.75) is 44.9 Å². The Morgan fingerprint density at radius 1 is 1.60 bits per heavy atom. The third-order valence-electron chi connectivity index (χ3n) is 3.96. The van der Waals surface area contributed by atoms with Crippen LogP contribution < -0.4 is 0 Å². The van der Waals surface area contributed by atoms with E-state index in [9.17, 15) is 4.79 Å². The molecule has 0 aromatic carbocycles. The van der Waals surface area contributed by atoms with Crippen molar-refractivity contribution in [3.8, 4) is 0 Å². The summed E-state index contributed by atoms with van der Waals surface area (Å²) in [6.45, 7) is 8.07. The summed E-state index contributed by atoms with van der Waals surface area (Å²) >= 11 is 0. The molecule has 1 aliphatic rings. The topological polar surface area (TPSA) is 80.5 Å². The lowest BCUT2D eigenvalue weighted by molar-refractivity contribution is -0.0267. The maximum Gasteiger partial charge on any atom is 0.358 e. The molecule has 7 nitrogen and oxygen atoms in total. The number of carboxylic acid groups (broad SMARTS) is 1. The smallest absolute Gasteiger partial charge is 0.358 e. The standard InChI is InChI=1S/C13H22N4O3/c1-9(5-13(2,3)20-4)16-6-10(7-16)17-8-11(12(18)19)14-15-17/h8-10H,5-7H2,1-4H3,(H,18,19). The van der Waals surface area contributed by atoms with Gasteiger partial charge in [-0.05, 0) is 27.2 Å². The van der Waals surface area contributed by atoms with Gasteiger partial charge in [0.05, 0.1) is 17.8 Å². The maximum atomic E-state index is 10.8. The van der Waals surface area contributed by atoms with Gasteiger partial charge in [-0.2, -0.15) is 0 Å². The summed E-state index contributed by atoms with van der Waals surface area (Å²) in [6.07, 6.45) is 2.45. The van der Waals surface area contributed by atoms with Crippen molar-refractivity contribution in [1.82, 2.24) is 19.9 Å². The molecule has 112 valence electrons. The van der Waals surface area contributed by atoms with Crippen molar-refractivity contribution in [3.05, 3.63) is 11.9 Å². The van der Waals surface area contributed by atoms with Gasteiger partial charge in [-0.25, -0.2) is 9.48 Å². The highest BCUT2D eigenvalue weighted by molar-refractivity contribution is 5.84. The van der Waals surface area contributed by atoms with Gasteiger partial charge in [0.1, 0.15) is 0 Å². The molecule has 1 N–H and O–H groups in total. The molecule has 0 saturated carbocycles. The van der Waals surface area contributed by atoms with Crippen LogP contribution in [-0.2, 0) is 4.74 Å². The Morgan fingerprint density at radius 2 is 2.25 bits per heavy atom. The van der Waals surface area contributed by atoms with E-state index in [4.69, 9.17) is 9.84 Å². The number of aromatic nitrogens is 3. The van der Waals surface area contributed by atoms with E-state index in [1.807, 2.05) is 0 Å². The summed E-state index contributed by atoms with van der Waals surface area (Å²) in [5.41, 5.74) is -0.133. The number of carbonyl (C=O) groups is 1. The number of methoxy groups -OCH3 is 1. The number of hydrogen-bond acceptors (Lipinski definition) is 5. The summed E-state index contributed by atoms with van der Waals surface area (Å²) in [5, 5.41) is 16.3. The van der Waals surface area contributed by atoms with Gasteiger partial charge < -0.3 is 9.84 Å². The number of aromatic carboxylic acids is 1. The van der Waals surface area contributed by atoms with E-state index >= 15 is 0 Å². The van der Waals surface area contributed by atoms with Gasteiger partial charge in [0, 0.05) is 26.2 Å². The summed E-state index contributed by atoms with van der Waals surface area (Å²) in [4.78, 5) is 13.1. The van der Waals surface area contributed by atoms with Gasteiger partial charge in [-0.3, -0.25) is 4.90 Å². The predicted molar refractivity (Wildman–Crippen MR) is 72.8 cm³/mol. The van der Waals surface area contributed by atoms with Crippen LogP contribution >= 0.6 is 0 Å². The average molecular weight is 282 g/mol. The summed E-state index contributed by atoms with van der Waals surface area (Å²) in [7, 11) is 1.73. The Kier molecular flexibility index (Phi) is 4.10. The molecule has 1 atom stereocenters. The second kappa shape index (κ2) is 5.49. The van der Waals surface area contributed by atoms with Gasteiger partial charge in [0.25, 0.3) is 0 Å². The highest BCUT2D eigenvalue weighted by Gasteiger charge is 2.34. The molecule has 1 aliphatic heterocycles. The molecule has 0 amide bonds. The molecule has 2 rings (SSSR count). The van der Waals surface area contributed by atoms with E-state index in [1.54, 1.807) is 11.8 Å². The Bertz CT molecular complexity index is 480. The molecule has 20 heavy (non-hydrogen) atoms. The molecular weight excluding hydrogens is 260 g/mol. The second-order valence-electron chi connectivity index (χ2n) is 6.01. The van der Waals surface area contributed by atoms with Crippen LogP contribution in [0.4, 0.5) is 0 Å². The summed E-state index contributed by atoms with van der Waals surface area (Å²) in [5.74, 6) is -1.04. The van der Waals surface area contributed by atoms with Crippen LogP contribution in [0.2, 0.25) is 0 Å². The molecule has 2 heterocycles. The number of carboxylic acids is 1. The van der Waals surface area contributed by atoms with E-state index in [2.05, 4.69) is 36.0 Å². The number of nitrogens with zero attached hydrogens (tertiary/aromatic N) is 4. The molecule has 1 fully saturated rings. The first-order valence-electron chi connectivity index (χ1n) is 6.77. The van der Waals surface area contributed by atoms with Gasteiger partial charge in [-0.1, -0.05) is 5.21 Å². The number of hydrogen-bond donors (Lipinski definition) is 1. The van der Waals surface area contributed by atoms with Gasteiger partial charge in [0.2, 0.25) is 0 Å². The van der Waals surface area contributed by atoms with Crippen LogP contribution in [0.25, 0.3) is 0 Å². The van der Waals surface area contributed by atoms with Crippen molar-refractivity contribution in [1.29, 1.82) is 0 Å². The van der Waals surface area contributed by atoms with Gasteiger partial charge >= 0.3 is 5.97 Å². The zero-order chi connectivity index (χ0) is 14.9. The van der Waals surface area contributed by atoms with E-state index in [1.165, 1.54) is 6.20 Å². The van der Waals surface area contributed by atoms with E-state index < -0.39 is 5.97 Å². The molecular formula is C13H22N4O3. The van der Waals surface area contributed by atoms with Crippen LogP contribution in [0.15, 0.2) is 6.20 Å². The minimum atomic E-state index is -1.04. The quantitative estimate of drug-likeness (QED) is 0.839. The minimum absolute atomic E-state index is 0.00276. The van der Waals surface area contributed by atoms with Gasteiger partial charge in [0.15, 0.2) is 5.69 Å². The van der Waals surface area contributed by atoms with Crippen molar-refractivity contribution in [2.24, 2.45) is 0 Å².